The van der Waals surface area contributed by atoms with Gasteiger partial charge in [0.05, 0.1) is 17.9 Å². The van der Waals surface area contributed by atoms with Crippen LogP contribution < -0.4 is 26.4 Å². The van der Waals surface area contributed by atoms with Gasteiger partial charge in [-0.25, -0.2) is 15.0 Å². The monoisotopic (exact) mass is 559 g/mol. The number of hydrogen-bond donors (Lipinski definition) is 3. The number of fused-ring (bicyclic) bond motifs is 2. The normalized spacial score (nSPS) is 15.3. The number of nitrogens with two attached hydrogens (primary N) is 2. The first-order valence-corrected chi connectivity index (χ1v) is 13.4. The highest BCUT2D eigenvalue weighted by Crippen LogP contribution is 2.40. The number of nitrogen functional groups attached to an aromatic ring is 1. The Hall–Kier alpha value is -4.31. The standard InChI is InChI=1S/C29H37N7O.2CH2O/c1-18-12-28(2,3)13-22-25(18)34-17-35-27(22)36-8-9-37-24-7-6-19(10-21(24)15-36)20-11-23(26(30)32-14-20)33-16-29(4,5)31;2*1-2/h6-7,10-12,14,17,33H,8-9,13,15-16,31H2,1-5H3,(H2,30,32);2*1H2. The highest BCUT2D eigenvalue weighted by atomic mass is 16.5. The molecule has 2 aliphatic rings. The number of carbonyl (C=O) groups is 2. The quantitative estimate of drug-likeness (QED) is 0.413. The summed E-state index contributed by atoms with van der Waals surface area (Å²) in [5.41, 5.74) is 19.4. The largest absolute Gasteiger partial charge is 0.491 e. The number of aromatic nitrogens is 3. The van der Waals surface area contributed by atoms with Gasteiger partial charge in [0.1, 0.15) is 43.9 Å². The second kappa shape index (κ2) is 12.9. The number of anilines is 3. The van der Waals surface area contributed by atoms with Gasteiger partial charge in [0.2, 0.25) is 0 Å². The van der Waals surface area contributed by atoms with Crippen molar-refractivity contribution < 1.29 is 14.3 Å². The zero-order valence-electron chi connectivity index (χ0n) is 24.7. The van der Waals surface area contributed by atoms with Crippen LogP contribution in [0.2, 0.25) is 0 Å². The van der Waals surface area contributed by atoms with Crippen molar-refractivity contribution in [1.29, 1.82) is 0 Å². The number of nitrogens with one attached hydrogen (secondary N) is 1. The molecule has 1 aliphatic carbocycles. The van der Waals surface area contributed by atoms with E-state index >= 15 is 0 Å². The average molecular weight is 560 g/mol. The van der Waals surface area contributed by atoms with Crippen molar-refractivity contribution in [2.75, 3.05) is 35.6 Å². The summed E-state index contributed by atoms with van der Waals surface area (Å²) in [6, 6.07) is 8.33. The molecule has 10 nitrogen and oxygen atoms in total. The molecule has 0 fully saturated rings. The first-order valence-electron chi connectivity index (χ1n) is 13.4. The molecule has 0 saturated heterocycles. The molecule has 0 bridgehead atoms. The molecule has 5 rings (SSSR count). The van der Waals surface area contributed by atoms with Gasteiger partial charge in [-0.05, 0) is 61.9 Å². The highest BCUT2D eigenvalue weighted by molar-refractivity contribution is 5.74. The number of nitrogens with zero attached hydrogens (tertiary/aromatic N) is 4. The molecule has 2 aromatic heterocycles. The SMILES string of the molecule is C=O.C=O.CC1=CC(C)(C)Cc2c1ncnc2N1CCOc2ccc(-c3cnc(N)c(NCC(C)(C)N)c3)cc2C1. The maximum atomic E-state index is 8.00. The number of allylic oxidation sites excluding steroid dienone is 2. The number of benzene rings is 1. The molecule has 0 saturated carbocycles. The Morgan fingerprint density at radius 3 is 2.54 bits per heavy atom. The van der Waals surface area contributed by atoms with Crippen LogP contribution in [-0.2, 0) is 22.6 Å². The van der Waals surface area contributed by atoms with Crippen molar-refractivity contribution in [3.8, 4) is 16.9 Å². The molecule has 5 N–H and O–H groups in total. The molecule has 3 heterocycles. The Bertz CT molecular complexity index is 1400. The van der Waals surface area contributed by atoms with Crippen LogP contribution in [-0.4, -0.2) is 53.8 Å². The van der Waals surface area contributed by atoms with Gasteiger partial charge in [-0.15, -0.1) is 0 Å². The summed E-state index contributed by atoms with van der Waals surface area (Å²) >= 11 is 0. The molecule has 41 heavy (non-hydrogen) atoms. The molecule has 3 aromatic rings. The minimum Gasteiger partial charge on any atom is -0.491 e. The van der Waals surface area contributed by atoms with Crippen molar-refractivity contribution in [2.24, 2.45) is 11.1 Å². The van der Waals surface area contributed by atoms with Crippen LogP contribution in [0.25, 0.3) is 16.7 Å². The lowest BCUT2D eigenvalue weighted by atomic mass is 9.78. The second-order valence-electron chi connectivity index (χ2n) is 11.6. The van der Waals surface area contributed by atoms with E-state index in [1.165, 1.54) is 11.1 Å². The van der Waals surface area contributed by atoms with Crippen LogP contribution in [0.3, 0.4) is 0 Å². The van der Waals surface area contributed by atoms with E-state index in [0.717, 1.165) is 52.6 Å². The second-order valence-corrected chi connectivity index (χ2v) is 11.6. The lowest BCUT2D eigenvalue weighted by Gasteiger charge is -2.32. The van der Waals surface area contributed by atoms with Gasteiger partial charge in [-0.2, -0.15) is 0 Å². The fourth-order valence-electron chi connectivity index (χ4n) is 5.19. The third-order valence-corrected chi connectivity index (χ3v) is 6.86. The lowest BCUT2D eigenvalue weighted by Crippen LogP contribution is -2.39. The Morgan fingerprint density at radius 1 is 1.10 bits per heavy atom. The summed E-state index contributed by atoms with van der Waals surface area (Å²) in [5, 5.41) is 3.34. The van der Waals surface area contributed by atoms with E-state index in [0.29, 0.717) is 25.5 Å². The van der Waals surface area contributed by atoms with Crippen molar-refractivity contribution >= 4 is 36.5 Å². The van der Waals surface area contributed by atoms with Gasteiger partial charge in [0.25, 0.3) is 0 Å². The molecule has 0 spiro atoms. The van der Waals surface area contributed by atoms with E-state index in [1.807, 2.05) is 45.8 Å². The summed E-state index contributed by atoms with van der Waals surface area (Å²) in [5.74, 6) is 2.35. The smallest absolute Gasteiger partial charge is 0.146 e. The zero-order valence-corrected chi connectivity index (χ0v) is 24.7. The molecule has 1 aliphatic heterocycles. The third-order valence-electron chi connectivity index (χ3n) is 6.86. The maximum absolute atomic E-state index is 8.00. The Morgan fingerprint density at radius 2 is 1.83 bits per heavy atom. The fraction of sp³-hybridized carbons (Fsp3) is 0.387. The van der Waals surface area contributed by atoms with Crippen molar-refractivity contribution in [3.05, 3.63) is 59.7 Å². The number of hydrogen-bond acceptors (Lipinski definition) is 10. The van der Waals surface area contributed by atoms with E-state index in [-0.39, 0.29) is 11.0 Å². The topological polar surface area (TPSA) is 149 Å². The van der Waals surface area contributed by atoms with Gasteiger partial charge < -0.3 is 36.0 Å². The Labute approximate surface area is 242 Å². The molecule has 0 atom stereocenters. The van der Waals surface area contributed by atoms with E-state index in [1.54, 1.807) is 6.33 Å². The number of pyridine rings is 1. The molecule has 0 radical (unpaired) electrons. The van der Waals surface area contributed by atoms with E-state index in [4.69, 9.17) is 30.8 Å². The molecular weight excluding hydrogens is 518 g/mol. The lowest BCUT2D eigenvalue weighted by molar-refractivity contribution is -0.0987. The molecule has 1 aromatic carbocycles. The van der Waals surface area contributed by atoms with E-state index < -0.39 is 0 Å². The fourth-order valence-corrected chi connectivity index (χ4v) is 5.19. The summed E-state index contributed by atoms with van der Waals surface area (Å²) in [6.07, 6.45) is 6.72. The van der Waals surface area contributed by atoms with Gasteiger partial charge >= 0.3 is 0 Å². The minimum atomic E-state index is -0.364. The van der Waals surface area contributed by atoms with Crippen LogP contribution in [0.1, 0.15) is 51.4 Å². The molecule has 0 amide bonds. The predicted octanol–water partition coefficient (Wildman–Crippen LogP) is 4.28. The first kappa shape index (κ1) is 31.2. The highest BCUT2D eigenvalue weighted by Gasteiger charge is 2.30. The van der Waals surface area contributed by atoms with Crippen LogP contribution in [0, 0.1) is 5.41 Å². The van der Waals surface area contributed by atoms with Crippen LogP contribution >= 0.6 is 0 Å². The van der Waals surface area contributed by atoms with Crippen LogP contribution in [0.15, 0.2) is 42.9 Å². The first-order chi connectivity index (χ1) is 19.5. The summed E-state index contributed by atoms with van der Waals surface area (Å²) < 4.78 is 6.16. The van der Waals surface area contributed by atoms with Gasteiger partial charge in [0, 0.05) is 41.5 Å². The minimum absolute atomic E-state index is 0.0665. The third kappa shape index (κ3) is 7.46. The van der Waals surface area contributed by atoms with Crippen LogP contribution in [0.5, 0.6) is 5.75 Å². The van der Waals surface area contributed by atoms with E-state index in [9.17, 15) is 0 Å². The van der Waals surface area contributed by atoms with Crippen molar-refractivity contribution in [2.45, 2.75) is 53.1 Å². The predicted molar refractivity (Wildman–Crippen MR) is 165 cm³/mol. The number of carbonyl (C=O) groups excluding carboxylic acids is 2. The molecule has 10 heteroatoms. The average Bonchev–Trinajstić information content (AvgIpc) is 3.15. The van der Waals surface area contributed by atoms with E-state index in [2.05, 4.69) is 59.2 Å². The summed E-state index contributed by atoms with van der Waals surface area (Å²) in [7, 11) is 0. The van der Waals surface area contributed by atoms with Crippen LogP contribution in [0.4, 0.5) is 17.3 Å². The summed E-state index contributed by atoms with van der Waals surface area (Å²) in [4.78, 5) is 32.1. The van der Waals surface area contributed by atoms with Gasteiger partial charge in [-0.3, -0.25) is 0 Å². The Balaban J connectivity index is 0.00000111. The zero-order chi connectivity index (χ0) is 30.4. The summed E-state index contributed by atoms with van der Waals surface area (Å²) in [6.45, 7) is 17.2. The molecule has 218 valence electrons. The molecular formula is C31H41N7O3. The van der Waals surface area contributed by atoms with Crippen molar-refractivity contribution in [3.63, 3.8) is 0 Å². The molecule has 0 unspecified atom stereocenters. The Kier molecular flexibility index (Phi) is 9.83. The number of ether oxygens (including phenoxy) is 1. The van der Waals surface area contributed by atoms with Gasteiger partial charge in [0.15, 0.2) is 0 Å². The van der Waals surface area contributed by atoms with Gasteiger partial charge in [-0.1, -0.05) is 26.0 Å². The van der Waals surface area contributed by atoms with Crippen molar-refractivity contribution in [1.82, 2.24) is 15.0 Å². The maximum Gasteiger partial charge on any atom is 0.146 e. The number of rotatable bonds is 5.